The molecule has 3 nitrogen and oxygen atoms in total. The van der Waals surface area contributed by atoms with Crippen LogP contribution in [-0.2, 0) is 0 Å². The van der Waals surface area contributed by atoms with Gasteiger partial charge in [-0.15, -0.1) is 0 Å². The molecular formula is C18H20O3. The smallest absolute Gasteiger partial charge is 0.343 e. The maximum atomic E-state index is 12.2. The normalized spacial score (nSPS) is 10.2. The summed E-state index contributed by atoms with van der Waals surface area (Å²) in [4.78, 5) is 12.2. The van der Waals surface area contributed by atoms with Crippen molar-refractivity contribution in [1.82, 2.24) is 0 Å². The quantitative estimate of drug-likeness (QED) is 0.606. The monoisotopic (exact) mass is 284 g/mol. The van der Waals surface area contributed by atoms with Crippen molar-refractivity contribution in [1.29, 1.82) is 0 Å². The summed E-state index contributed by atoms with van der Waals surface area (Å²) < 4.78 is 11.0. The minimum absolute atomic E-state index is 0.370. The van der Waals surface area contributed by atoms with E-state index in [1.54, 1.807) is 24.3 Å². The number of rotatable bonds is 5. The topological polar surface area (TPSA) is 35.5 Å². The fourth-order valence-electron chi connectivity index (χ4n) is 1.93. The Hall–Kier alpha value is -2.29. The van der Waals surface area contributed by atoms with E-state index in [2.05, 4.69) is 0 Å². The van der Waals surface area contributed by atoms with Crippen LogP contribution in [0.1, 0.15) is 34.8 Å². The Labute approximate surface area is 125 Å². The lowest BCUT2D eigenvalue weighted by Gasteiger charge is -2.10. The van der Waals surface area contributed by atoms with Gasteiger partial charge in [0.1, 0.15) is 11.5 Å². The van der Waals surface area contributed by atoms with Crippen LogP contribution in [0.15, 0.2) is 42.5 Å². The summed E-state index contributed by atoms with van der Waals surface area (Å²) >= 11 is 0. The van der Waals surface area contributed by atoms with Gasteiger partial charge >= 0.3 is 5.97 Å². The van der Waals surface area contributed by atoms with Gasteiger partial charge in [0, 0.05) is 0 Å². The van der Waals surface area contributed by atoms with E-state index in [0.29, 0.717) is 23.7 Å². The number of carbonyl (C=O) groups is 1. The van der Waals surface area contributed by atoms with Crippen molar-refractivity contribution in [3.05, 3.63) is 59.2 Å². The first-order chi connectivity index (χ1) is 10.1. The summed E-state index contributed by atoms with van der Waals surface area (Å²) in [5.74, 6) is 0.915. The molecule has 0 N–H and O–H groups in total. The van der Waals surface area contributed by atoms with E-state index in [0.717, 1.165) is 17.5 Å². The Morgan fingerprint density at radius 2 is 1.86 bits per heavy atom. The highest BCUT2D eigenvalue weighted by Crippen LogP contribution is 2.22. The minimum atomic E-state index is -0.370. The number of esters is 1. The molecule has 0 amide bonds. The van der Waals surface area contributed by atoms with Crippen molar-refractivity contribution in [2.75, 3.05) is 6.61 Å². The predicted octanol–water partition coefficient (Wildman–Crippen LogP) is 4.31. The zero-order valence-corrected chi connectivity index (χ0v) is 12.7. The van der Waals surface area contributed by atoms with E-state index in [1.807, 2.05) is 39.0 Å². The van der Waals surface area contributed by atoms with Crippen molar-refractivity contribution in [3.63, 3.8) is 0 Å². The van der Waals surface area contributed by atoms with Crippen molar-refractivity contribution in [2.45, 2.75) is 27.2 Å². The summed E-state index contributed by atoms with van der Waals surface area (Å²) in [6.45, 7) is 6.61. The van der Waals surface area contributed by atoms with Crippen LogP contribution in [-0.4, -0.2) is 12.6 Å². The first kappa shape index (κ1) is 15.1. The third-order valence-corrected chi connectivity index (χ3v) is 3.30. The average molecular weight is 284 g/mol. The van der Waals surface area contributed by atoms with Crippen molar-refractivity contribution < 1.29 is 14.3 Å². The van der Waals surface area contributed by atoms with Gasteiger partial charge in [-0.3, -0.25) is 0 Å². The molecule has 0 saturated heterocycles. The molecule has 0 fully saturated rings. The highest BCUT2D eigenvalue weighted by molar-refractivity contribution is 5.91. The molecule has 0 aromatic heterocycles. The van der Waals surface area contributed by atoms with Crippen LogP contribution in [0.2, 0.25) is 0 Å². The highest BCUT2D eigenvalue weighted by atomic mass is 16.5. The molecule has 0 aliphatic rings. The second-order valence-electron chi connectivity index (χ2n) is 4.96. The fourth-order valence-corrected chi connectivity index (χ4v) is 1.93. The van der Waals surface area contributed by atoms with E-state index >= 15 is 0 Å². The zero-order chi connectivity index (χ0) is 15.2. The van der Waals surface area contributed by atoms with Crippen LogP contribution in [0.3, 0.4) is 0 Å². The second kappa shape index (κ2) is 6.93. The van der Waals surface area contributed by atoms with Gasteiger partial charge in [-0.05, 0) is 55.7 Å². The molecule has 0 spiro atoms. The van der Waals surface area contributed by atoms with Crippen LogP contribution in [0, 0.1) is 13.8 Å². The molecule has 2 rings (SSSR count). The van der Waals surface area contributed by atoms with E-state index in [4.69, 9.17) is 9.47 Å². The number of carbonyl (C=O) groups excluding carboxylic acids is 1. The molecular weight excluding hydrogens is 264 g/mol. The largest absolute Gasteiger partial charge is 0.494 e. The lowest BCUT2D eigenvalue weighted by Crippen LogP contribution is -2.10. The molecule has 0 heterocycles. The summed E-state index contributed by atoms with van der Waals surface area (Å²) in [5, 5.41) is 0. The average Bonchev–Trinajstić information content (AvgIpc) is 2.50. The Morgan fingerprint density at radius 1 is 1.10 bits per heavy atom. The lowest BCUT2D eigenvalue weighted by atomic mass is 10.1. The van der Waals surface area contributed by atoms with Crippen LogP contribution < -0.4 is 9.47 Å². The van der Waals surface area contributed by atoms with Crippen molar-refractivity contribution >= 4 is 5.97 Å². The SMILES string of the molecule is CCCOc1cccc(C(=O)Oc2cccc(C)c2C)c1. The van der Waals surface area contributed by atoms with Crippen LogP contribution >= 0.6 is 0 Å². The number of ether oxygens (including phenoxy) is 2. The summed E-state index contributed by atoms with van der Waals surface area (Å²) in [6.07, 6.45) is 0.928. The van der Waals surface area contributed by atoms with Crippen molar-refractivity contribution in [3.8, 4) is 11.5 Å². The lowest BCUT2D eigenvalue weighted by molar-refractivity contribution is 0.0733. The number of benzene rings is 2. The van der Waals surface area contributed by atoms with Gasteiger partial charge in [-0.1, -0.05) is 25.1 Å². The number of aryl methyl sites for hydroxylation is 1. The van der Waals surface area contributed by atoms with Crippen LogP contribution in [0.4, 0.5) is 0 Å². The Balaban J connectivity index is 2.15. The number of hydrogen-bond donors (Lipinski definition) is 0. The first-order valence-corrected chi connectivity index (χ1v) is 7.13. The third kappa shape index (κ3) is 3.85. The molecule has 2 aromatic rings. The van der Waals surface area contributed by atoms with E-state index in [1.165, 1.54) is 0 Å². The molecule has 0 unspecified atom stereocenters. The van der Waals surface area contributed by atoms with Crippen LogP contribution in [0.25, 0.3) is 0 Å². The molecule has 2 aromatic carbocycles. The molecule has 0 saturated carbocycles. The van der Waals surface area contributed by atoms with Crippen LogP contribution in [0.5, 0.6) is 11.5 Å². The molecule has 0 radical (unpaired) electrons. The molecule has 21 heavy (non-hydrogen) atoms. The zero-order valence-electron chi connectivity index (χ0n) is 12.7. The third-order valence-electron chi connectivity index (χ3n) is 3.30. The van der Waals surface area contributed by atoms with Gasteiger partial charge in [0.2, 0.25) is 0 Å². The van der Waals surface area contributed by atoms with Gasteiger partial charge in [-0.2, -0.15) is 0 Å². The number of hydrogen-bond acceptors (Lipinski definition) is 3. The summed E-state index contributed by atoms with van der Waals surface area (Å²) in [7, 11) is 0. The Morgan fingerprint density at radius 3 is 2.62 bits per heavy atom. The molecule has 3 heteroatoms. The standard InChI is InChI=1S/C18H20O3/c1-4-11-20-16-9-6-8-15(12-16)18(19)21-17-10-5-7-13(2)14(17)3/h5-10,12H,4,11H2,1-3H3. The van der Waals surface area contributed by atoms with Gasteiger partial charge < -0.3 is 9.47 Å². The molecule has 0 aliphatic carbocycles. The molecule has 110 valence electrons. The molecule has 0 atom stereocenters. The van der Waals surface area contributed by atoms with E-state index in [-0.39, 0.29) is 5.97 Å². The maximum Gasteiger partial charge on any atom is 0.343 e. The van der Waals surface area contributed by atoms with Gasteiger partial charge in [0.25, 0.3) is 0 Å². The second-order valence-corrected chi connectivity index (χ2v) is 4.96. The van der Waals surface area contributed by atoms with Gasteiger partial charge in [0.05, 0.1) is 12.2 Å². The highest BCUT2D eigenvalue weighted by Gasteiger charge is 2.11. The fraction of sp³-hybridized carbons (Fsp3) is 0.278. The maximum absolute atomic E-state index is 12.2. The molecule has 0 bridgehead atoms. The Kier molecular flexibility index (Phi) is 4.99. The van der Waals surface area contributed by atoms with Crippen molar-refractivity contribution in [2.24, 2.45) is 0 Å². The minimum Gasteiger partial charge on any atom is -0.494 e. The van der Waals surface area contributed by atoms with Gasteiger partial charge in [0.15, 0.2) is 0 Å². The Bertz CT molecular complexity index is 632. The summed E-state index contributed by atoms with van der Waals surface area (Å²) in [6, 6.07) is 12.7. The van der Waals surface area contributed by atoms with E-state index < -0.39 is 0 Å². The van der Waals surface area contributed by atoms with E-state index in [9.17, 15) is 4.79 Å². The first-order valence-electron chi connectivity index (χ1n) is 7.13. The summed E-state index contributed by atoms with van der Waals surface area (Å²) in [5.41, 5.74) is 2.56. The predicted molar refractivity (Wildman–Crippen MR) is 83.1 cm³/mol. The molecule has 0 aliphatic heterocycles. The van der Waals surface area contributed by atoms with Gasteiger partial charge in [-0.25, -0.2) is 4.79 Å².